The van der Waals surface area contributed by atoms with Crippen LogP contribution in [0.25, 0.3) is 0 Å². The molecule has 98 valence electrons. The molecule has 1 aliphatic rings. The number of rotatable bonds is 2. The molecular formula is C13H20N4O. The van der Waals surface area contributed by atoms with E-state index in [0.29, 0.717) is 12.0 Å². The quantitative estimate of drug-likeness (QED) is 0.845. The van der Waals surface area contributed by atoms with Gasteiger partial charge in [0, 0.05) is 17.4 Å². The van der Waals surface area contributed by atoms with E-state index in [2.05, 4.69) is 20.6 Å². The Morgan fingerprint density at radius 2 is 1.78 bits per heavy atom. The van der Waals surface area contributed by atoms with E-state index in [1.165, 1.54) is 19.3 Å². The third-order valence-electron chi connectivity index (χ3n) is 3.15. The van der Waals surface area contributed by atoms with Gasteiger partial charge in [0.2, 0.25) is 5.95 Å². The monoisotopic (exact) mass is 248 g/mol. The van der Waals surface area contributed by atoms with Gasteiger partial charge < -0.3 is 5.32 Å². The largest absolute Gasteiger partial charge is 0.335 e. The van der Waals surface area contributed by atoms with Gasteiger partial charge in [-0.15, -0.1) is 0 Å². The lowest BCUT2D eigenvalue weighted by atomic mass is 9.96. The number of amides is 2. The Labute approximate surface area is 107 Å². The van der Waals surface area contributed by atoms with E-state index in [-0.39, 0.29) is 6.03 Å². The first-order chi connectivity index (χ1) is 8.63. The van der Waals surface area contributed by atoms with Crippen LogP contribution in [0.3, 0.4) is 0 Å². The summed E-state index contributed by atoms with van der Waals surface area (Å²) >= 11 is 0. The first-order valence-corrected chi connectivity index (χ1v) is 6.53. The molecule has 2 N–H and O–H groups in total. The minimum absolute atomic E-state index is 0.202. The SMILES string of the molecule is Cc1cc(C)nc(NC(=O)NC2CCCCC2)n1. The molecule has 1 aromatic heterocycles. The summed E-state index contributed by atoms with van der Waals surface area (Å²) in [4.78, 5) is 20.2. The average molecular weight is 248 g/mol. The van der Waals surface area contributed by atoms with E-state index >= 15 is 0 Å². The molecule has 1 aromatic rings. The summed E-state index contributed by atoms with van der Waals surface area (Å²) in [6.07, 6.45) is 5.82. The van der Waals surface area contributed by atoms with Crippen LogP contribution in [0.5, 0.6) is 0 Å². The third-order valence-corrected chi connectivity index (χ3v) is 3.15. The predicted molar refractivity (Wildman–Crippen MR) is 70.5 cm³/mol. The van der Waals surface area contributed by atoms with Crippen molar-refractivity contribution in [3.63, 3.8) is 0 Å². The normalized spacial score (nSPS) is 16.3. The van der Waals surface area contributed by atoms with Crippen molar-refractivity contribution in [1.82, 2.24) is 15.3 Å². The zero-order chi connectivity index (χ0) is 13.0. The van der Waals surface area contributed by atoms with Crippen molar-refractivity contribution < 1.29 is 4.79 Å². The molecule has 0 saturated heterocycles. The summed E-state index contributed by atoms with van der Waals surface area (Å²) < 4.78 is 0. The summed E-state index contributed by atoms with van der Waals surface area (Å²) in [5, 5.41) is 5.67. The van der Waals surface area contributed by atoms with Crippen LogP contribution in [0.1, 0.15) is 43.5 Å². The zero-order valence-corrected chi connectivity index (χ0v) is 11.0. The van der Waals surface area contributed by atoms with Gasteiger partial charge in [-0.1, -0.05) is 19.3 Å². The standard InChI is InChI=1S/C13H20N4O/c1-9-8-10(2)15-12(14-9)17-13(18)16-11-6-4-3-5-7-11/h8,11H,3-7H2,1-2H3,(H2,14,15,16,17,18). The van der Waals surface area contributed by atoms with Gasteiger partial charge in [0.05, 0.1) is 0 Å². The van der Waals surface area contributed by atoms with Gasteiger partial charge in [-0.25, -0.2) is 14.8 Å². The summed E-state index contributed by atoms with van der Waals surface area (Å²) in [5.41, 5.74) is 1.71. The second kappa shape index (κ2) is 5.80. The molecule has 5 nitrogen and oxygen atoms in total. The molecule has 5 heteroatoms. The molecular weight excluding hydrogens is 228 g/mol. The summed E-state index contributed by atoms with van der Waals surface area (Å²) in [6.45, 7) is 3.78. The van der Waals surface area contributed by atoms with E-state index in [9.17, 15) is 4.79 Å². The fraction of sp³-hybridized carbons (Fsp3) is 0.615. The molecule has 0 aliphatic heterocycles. The fourth-order valence-corrected chi connectivity index (χ4v) is 2.35. The Kier molecular flexibility index (Phi) is 4.12. The van der Waals surface area contributed by atoms with Gasteiger partial charge in [0.1, 0.15) is 0 Å². The molecule has 1 saturated carbocycles. The van der Waals surface area contributed by atoms with Gasteiger partial charge >= 0.3 is 6.03 Å². The van der Waals surface area contributed by atoms with Crippen molar-refractivity contribution in [2.45, 2.75) is 52.0 Å². The minimum atomic E-state index is -0.202. The Bertz CT molecular complexity index is 407. The van der Waals surface area contributed by atoms with Crippen LogP contribution in [-0.4, -0.2) is 22.0 Å². The highest BCUT2D eigenvalue weighted by molar-refractivity contribution is 5.87. The topological polar surface area (TPSA) is 66.9 Å². The minimum Gasteiger partial charge on any atom is -0.335 e. The molecule has 0 spiro atoms. The van der Waals surface area contributed by atoms with E-state index in [1.54, 1.807) is 0 Å². The molecule has 0 unspecified atom stereocenters. The lowest BCUT2D eigenvalue weighted by Crippen LogP contribution is -2.39. The number of carbonyl (C=O) groups excluding carboxylic acids is 1. The second-order valence-corrected chi connectivity index (χ2v) is 4.91. The van der Waals surface area contributed by atoms with Gasteiger partial charge in [0.25, 0.3) is 0 Å². The number of carbonyl (C=O) groups is 1. The molecule has 0 bridgehead atoms. The number of nitrogens with one attached hydrogen (secondary N) is 2. The summed E-state index contributed by atoms with van der Waals surface area (Å²) in [7, 11) is 0. The van der Waals surface area contributed by atoms with Gasteiger partial charge in [-0.3, -0.25) is 5.32 Å². The van der Waals surface area contributed by atoms with Crippen LogP contribution in [0.15, 0.2) is 6.07 Å². The van der Waals surface area contributed by atoms with Crippen LogP contribution >= 0.6 is 0 Å². The lowest BCUT2D eigenvalue weighted by molar-refractivity contribution is 0.244. The predicted octanol–water partition coefficient (Wildman–Crippen LogP) is 2.55. The number of aromatic nitrogens is 2. The number of hydrogen-bond acceptors (Lipinski definition) is 3. The maximum absolute atomic E-state index is 11.8. The van der Waals surface area contributed by atoms with Crippen molar-refractivity contribution in [2.24, 2.45) is 0 Å². The second-order valence-electron chi connectivity index (χ2n) is 4.91. The number of urea groups is 1. The van der Waals surface area contributed by atoms with Gasteiger partial charge in [-0.2, -0.15) is 0 Å². The maximum Gasteiger partial charge on any atom is 0.321 e. The molecule has 1 heterocycles. The highest BCUT2D eigenvalue weighted by Crippen LogP contribution is 2.17. The van der Waals surface area contributed by atoms with E-state index in [4.69, 9.17) is 0 Å². The van der Waals surface area contributed by atoms with Crippen LogP contribution in [-0.2, 0) is 0 Å². The fourth-order valence-electron chi connectivity index (χ4n) is 2.35. The smallest absolute Gasteiger partial charge is 0.321 e. The summed E-state index contributed by atoms with van der Waals surface area (Å²) in [6, 6.07) is 1.97. The first kappa shape index (κ1) is 12.8. The van der Waals surface area contributed by atoms with Crippen LogP contribution < -0.4 is 10.6 Å². The van der Waals surface area contributed by atoms with Crippen molar-refractivity contribution in [2.75, 3.05) is 5.32 Å². The van der Waals surface area contributed by atoms with E-state index < -0.39 is 0 Å². The van der Waals surface area contributed by atoms with Crippen LogP contribution in [0.4, 0.5) is 10.7 Å². The molecule has 0 aromatic carbocycles. The lowest BCUT2D eigenvalue weighted by Gasteiger charge is -2.22. The van der Waals surface area contributed by atoms with E-state index in [0.717, 1.165) is 24.2 Å². The first-order valence-electron chi connectivity index (χ1n) is 6.53. The van der Waals surface area contributed by atoms with Crippen LogP contribution in [0.2, 0.25) is 0 Å². The van der Waals surface area contributed by atoms with Crippen molar-refractivity contribution in [1.29, 1.82) is 0 Å². The molecule has 1 aliphatic carbocycles. The highest BCUT2D eigenvalue weighted by atomic mass is 16.2. The van der Waals surface area contributed by atoms with Gasteiger partial charge in [-0.05, 0) is 32.8 Å². The van der Waals surface area contributed by atoms with E-state index in [1.807, 2.05) is 19.9 Å². The highest BCUT2D eigenvalue weighted by Gasteiger charge is 2.16. The summed E-state index contributed by atoms with van der Waals surface area (Å²) in [5.74, 6) is 0.376. The molecule has 1 fully saturated rings. The van der Waals surface area contributed by atoms with Gasteiger partial charge in [0.15, 0.2) is 0 Å². The molecule has 18 heavy (non-hydrogen) atoms. The molecule has 2 rings (SSSR count). The Morgan fingerprint density at radius 3 is 2.39 bits per heavy atom. The Balaban J connectivity index is 1.89. The number of aryl methyl sites for hydroxylation is 2. The van der Waals surface area contributed by atoms with Crippen LogP contribution in [0, 0.1) is 13.8 Å². The Morgan fingerprint density at radius 1 is 1.17 bits per heavy atom. The average Bonchev–Trinajstić information content (AvgIpc) is 2.28. The third kappa shape index (κ3) is 3.68. The molecule has 0 atom stereocenters. The van der Waals surface area contributed by atoms with Crippen molar-refractivity contribution in [3.05, 3.63) is 17.5 Å². The number of nitrogens with zero attached hydrogens (tertiary/aromatic N) is 2. The maximum atomic E-state index is 11.8. The van der Waals surface area contributed by atoms with Crippen molar-refractivity contribution >= 4 is 12.0 Å². The molecule has 2 amide bonds. The Hall–Kier alpha value is -1.65. The number of hydrogen-bond donors (Lipinski definition) is 2. The zero-order valence-electron chi connectivity index (χ0n) is 11.0. The number of anilines is 1. The molecule has 0 radical (unpaired) electrons. The van der Waals surface area contributed by atoms with Crippen molar-refractivity contribution in [3.8, 4) is 0 Å².